The van der Waals surface area contributed by atoms with E-state index in [-0.39, 0.29) is 18.0 Å². The summed E-state index contributed by atoms with van der Waals surface area (Å²) in [6.45, 7) is 4.94. The summed E-state index contributed by atoms with van der Waals surface area (Å²) >= 11 is 6.98. The van der Waals surface area contributed by atoms with Crippen LogP contribution < -0.4 is 5.73 Å². The van der Waals surface area contributed by atoms with Gasteiger partial charge in [-0.1, -0.05) is 13.8 Å². The number of rotatable bonds is 3. The zero-order valence-corrected chi connectivity index (χ0v) is 15.5. The second-order valence-corrected chi connectivity index (χ2v) is 7.73. The number of carbonyl (C=O) groups excluding carboxylic acids is 1. The van der Waals surface area contributed by atoms with Crippen LogP contribution in [0.2, 0.25) is 0 Å². The fourth-order valence-corrected chi connectivity index (χ4v) is 4.00. The summed E-state index contributed by atoms with van der Waals surface area (Å²) in [5.74, 6) is 0.578. The number of carbonyl (C=O) groups is 1. The minimum atomic E-state index is -0.162. The van der Waals surface area contributed by atoms with E-state index in [0.29, 0.717) is 18.9 Å². The summed E-state index contributed by atoms with van der Waals surface area (Å²) in [5.41, 5.74) is 7.23. The molecule has 0 bridgehead atoms. The van der Waals surface area contributed by atoms with Crippen LogP contribution >= 0.6 is 31.9 Å². The summed E-state index contributed by atoms with van der Waals surface area (Å²) in [6, 6.07) is 1.71. The van der Waals surface area contributed by atoms with Gasteiger partial charge >= 0.3 is 0 Å². The monoisotopic (exact) mass is 417 g/mol. The van der Waals surface area contributed by atoms with Crippen molar-refractivity contribution in [2.24, 2.45) is 11.7 Å². The molecule has 0 aromatic carbocycles. The molecule has 1 fully saturated rings. The van der Waals surface area contributed by atoms with Crippen LogP contribution in [0.15, 0.2) is 21.2 Å². The van der Waals surface area contributed by atoms with Crippen molar-refractivity contribution in [2.75, 3.05) is 6.54 Å². The van der Waals surface area contributed by atoms with Gasteiger partial charge in [0.25, 0.3) is 0 Å². The van der Waals surface area contributed by atoms with Crippen molar-refractivity contribution in [3.8, 4) is 0 Å². The van der Waals surface area contributed by atoms with Gasteiger partial charge in [-0.2, -0.15) is 0 Å². The molecule has 1 aliphatic heterocycles. The molecule has 2 atom stereocenters. The lowest BCUT2D eigenvalue weighted by Crippen LogP contribution is -2.44. The minimum absolute atomic E-state index is 0.0832. The topological polar surface area (TPSA) is 59.2 Å². The number of hydrogen-bond donors (Lipinski definition) is 1. The molecule has 1 amide bonds. The molecular formula is C15H21Br2N3O. The van der Waals surface area contributed by atoms with Gasteiger partial charge in [0.1, 0.15) is 0 Å². The number of pyridine rings is 1. The molecule has 2 rings (SSSR count). The molecule has 21 heavy (non-hydrogen) atoms. The lowest BCUT2D eigenvalue weighted by molar-refractivity contribution is -0.134. The van der Waals surface area contributed by atoms with Crippen LogP contribution in [0.3, 0.4) is 0 Å². The Morgan fingerprint density at radius 3 is 2.81 bits per heavy atom. The molecule has 116 valence electrons. The number of nitrogens with zero attached hydrogens (tertiary/aromatic N) is 2. The Labute approximate surface area is 142 Å². The normalized spacial score (nSPS) is 23.5. The number of likely N-dealkylation sites (tertiary alicyclic amines) is 1. The molecule has 2 N–H and O–H groups in total. The highest BCUT2D eigenvalue weighted by Gasteiger charge is 2.35. The van der Waals surface area contributed by atoms with Crippen molar-refractivity contribution in [3.63, 3.8) is 0 Å². The quantitative estimate of drug-likeness (QED) is 0.814. The molecule has 0 radical (unpaired) electrons. The summed E-state index contributed by atoms with van der Waals surface area (Å²) in [6.07, 6.45) is 4.02. The third-order valence-corrected chi connectivity index (χ3v) is 4.74. The SMILES string of the molecule is CC(C)CN1C(=O)CCCC(N)C1c1ncc(Br)cc1Br. The largest absolute Gasteiger partial charge is 0.332 e. The Morgan fingerprint density at radius 1 is 1.48 bits per heavy atom. The van der Waals surface area contributed by atoms with E-state index in [2.05, 4.69) is 50.7 Å². The Kier molecular flexibility index (Phi) is 5.80. The van der Waals surface area contributed by atoms with Gasteiger partial charge in [0.05, 0.1) is 11.7 Å². The first kappa shape index (κ1) is 16.9. The lowest BCUT2D eigenvalue weighted by atomic mass is 9.99. The van der Waals surface area contributed by atoms with Gasteiger partial charge in [-0.3, -0.25) is 9.78 Å². The van der Waals surface area contributed by atoms with Gasteiger partial charge in [0, 0.05) is 34.1 Å². The lowest BCUT2D eigenvalue weighted by Gasteiger charge is -2.34. The van der Waals surface area contributed by atoms with E-state index in [1.165, 1.54) is 0 Å². The fraction of sp³-hybridized carbons (Fsp3) is 0.600. The van der Waals surface area contributed by atoms with Crippen molar-refractivity contribution in [1.82, 2.24) is 9.88 Å². The molecule has 6 heteroatoms. The highest BCUT2D eigenvalue weighted by Crippen LogP contribution is 2.34. The molecular weight excluding hydrogens is 398 g/mol. The molecule has 2 unspecified atom stereocenters. The molecule has 1 saturated heterocycles. The molecule has 4 nitrogen and oxygen atoms in total. The second-order valence-electron chi connectivity index (χ2n) is 5.96. The zero-order chi connectivity index (χ0) is 15.6. The number of amides is 1. The van der Waals surface area contributed by atoms with Crippen LogP contribution in [-0.2, 0) is 4.79 Å². The molecule has 0 spiro atoms. The van der Waals surface area contributed by atoms with E-state index >= 15 is 0 Å². The summed E-state index contributed by atoms with van der Waals surface area (Å²) in [4.78, 5) is 18.9. The first-order valence-electron chi connectivity index (χ1n) is 7.26. The van der Waals surface area contributed by atoms with Crippen molar-refractivity contribution >= 4 is 37.8 Å². The first-order chi connectivity index (χ1) is 9.90. The van der Waals surface area contributed by atoms with Crippen LogP contribution in [-0.4, -0.2) is 28.4 Å². The van der Waals surface area contributed by atoms with Gasteiger partial charge in [-0.15, -0.1) is 0 Å². The maximum atomic E-state index is 12.5. The minimum Gasteiger partial charge on any atom is -0.332 e. The molecule has 1 aliphatic rings. The first-order valence-corrected chi connectivity index (χ1v) is 8.84. The summed E-state index contributed by atoms with van der Waals surface area (Å²) in [7, 11) is 0. The van der Waals surface area contributed by atoms with E-state index in [1.807, 2.05) is 11.0 Å². The van der Waals surface area contributed by atoms with Crippen LogP contribution in [0.1, 0.15) is 44.8 Å². The van der Waals surface area contributed by atoms with E-state index in [1.54, 1.807) is 6.20 Å². The second kappa shape index (κ2) is 7.20. The maximum Gasteiger partial charge on any atom is 0.223 e. The number of hydrogen-bond acceptors (Lipinski definition) is 3. The summed E-state index contributed by atoms with van der Waals surface area (Å²) in [5, 5.41) is 0. The van der Waals surface area contributed by atoms with Gasteiger partial charge in [-0.25, -0.2) is 0 Å². The smallest absolute Gasteiger partial charge is 0.223 e. The Hall–Kier alpha value is -0.460. The average molecular weight is 419 g/mol. The predicted molar refractivity (Wildman–Crippen MR) is 90.8 cm³/mol. The molecule has 2 heterocycles. The number of nitrogens with two attached hydrogens (primary N) is 1. The van der Waals surface area contributed by atoms with Crippen molar-refractivity contribution in [2.45, 2.75) is 45.2 Å². The number of aromatic nitrogens is 1. The molecule has 0 saturated carbocycles. The van der Waals surface area contributed by atoms with Crippen molar-refractivity contribution in [1.29, 1.82) is 0 Å². The van der Waals surface area contributed by atoms with Crippen molar-refractivity contribution < 1.29 is 4.79 Å². The van der Waals surface area contributed by atoms with Crippen LogP contribution in [0.5, 0.6) is 0 Å². The predicted octanol–water partition coefficient (Wildman–Crippen LogP) is 3.64. The van der Waals surface area contributed by atoms with Gasteiger partial charge in [0.15, 0.2) is 0 Å². The Balaban J connectivity index is 2.43. The summed E-state index contributed by atoms with van der Waals surface area (Å²) < 4.78 is 1.79. The zero-order valence-electron chi connectivity index (χ0n) is 12.4. The van der Waals surface area contributed by atoms with Crippen LogP contribution in [0, 0.1) is 5.92 Å². The third-order valence-electron chi connectivity index (χ3n) is 3.67. The van der Waals surface area contributed by atoms with E-state index in [9.17, 15) is 4.79 Å². The Morgan fingerprint density at radius 2 is 2.19 bits per heavy atom. The van der Waals surface area contributed by atoms with Gasteiger partial charge in [-0.05, 0) is 56.7 Å². The van der Waals surface area contributed by atoms with Gasteiger partial charge < -0.3 is 10.6 Å². The fourth-order valence-electron chi connectivity index (χ4n) is 2.78. The highest BCUT2D eigenvalue weighted by atomic mass is 79.9. The third kappa shape index (κ3) is 4.05. The molecule has 1 aromatic heterocycles. The van der Waals surface area contributed by atoms with Crippen LogP contribution in [0.4, 0.5) is 0 Å². The molecule has 1 aromatic rings. The Bertz CT molecular complexity index is 522. The number of halogens is 2. The maximum absolute atomic E-state index is 12.5. The van der Waals surface area contributed by atoms with Gasteiger partial charge in [0.2, 0.25) is 5.91 Å². The highest BCUT2D eigenvalue weighted by molar-refractivity contribution is 9.11. The molecule has 0 aliphatic carbocycles. The average Bonchev–Trinajstić information content (AvgIpc) is 2.51. The van der Waals surface area contributed by atoms with E-state index in [0.717, 1.165) is 27.5 Å². The van der Waals surface area contributed by atoms with Crippen molar-refractivity contribution in [3.05, 3.63) is 26.9 Å². The van der Waals surface area contributed by atoms with E-state index in [4.69, 9.17) is 5.73 Å². The van der Waals surface area contributed by atoms with E-state index < -0.39 is 0 Å². The standard InChI is InChI=1S/C15H21Br2N3O/c1-9(2)8-20-13(21)5-3-4-12(18)15(20)14-11(17)6-10(16)7-19-14/h6-7,9,12,15H,3-5,8,18H2,1-2H3. The van der Waals surface area contributed by atoms with Crippen LogP contribution in [0.25, 0.3) is 0 Å².